The molecule has 1 aromatic heterocycles. The molecule has 1 N–H and O–H groups in total. The topological polar surface area (TPSA) is 63.3 Å². The largest absolute Gasteiger partial charge is 0.507 e. The van der Waals surface area contributed by atoms with Gasteiger partial charge in [-0.15, -0.1) is 0 Å². The van der Waals surface area contributed by atoms with Crippen molar-refractivity contribution in [3.63, 3.8) is 0 Å². The maximum Gasteiger partial charge on any atom is 0.416 e. The van der Waals surface area contributed by atoms with Crippen LogP contribution in [0.15, 0.2) is 51.7 Å². The van der Waals surface area contributed by atoms with Gasteiger partial charge in [0.25, 0.3) is 5.56 Å². The van der Waals surface area contributed by atoms with Gasteiger partial charge in [0.2, 0.25) is 5.89 Å². The summed E-state index contributed by atoms with van der Waals surface area (Å²) in [5.41, 5.74) is -1.44. The Kier molecular flexibility index (Phi) is 3.13. The number of nitrogens with zero attached hydrogens (tertiary/aromatic N) is 1. The Bertz CT molecular complexity index is 916. The fraction of sp³-hybridized carbons (Fsp3) is 0.0667. The monoisotopic (exact) mass is 307 g/mol. The van der Waals surface area contributed by atoms with Gasteiger partial charge < -0.3 is 9.52 Å². The van der Waals surface area contributed by atoms with E-state index in [1.54, 1.807) is 12.1 Å². The van der Waals surface area contributed by atoms with Gasteiger partial charge >= 0.3 is 6.18 Å². The molecule has 0 atom stereocenters. The van der Waals surface area contributed by atoms with Crippen LogP contribution < -0.4 is 5.56 Å². The van der Waals surface area contributed by atoms with E-state index in [0.29, 0.717) is 6.07 Å². The van der Waals surface area contributed by atoms with Gasteiger partial charge in [0.05, 0.1) is 16.5 Å². The Labute approximate surface area is 121 Å². The van der Waals surface area contributed by atoms with Crippen LogP contribution in [0.3, 0.4) is 0 Å². The van der Waals surface area contributed by atoms with Gasteiger partial charge in [0, 0.05) is 0 Å². The Hall–Kier alpha value is -2.83. The van der Waals surface area contributed by atoms with Gasteiger partial charge in [0.15, 0.2) is 0 Å². The van der Waals surface area contributed by atoms with Crippen LogP contribution in [0.2, 0.25) is 0 Å². The average molecular weight is 307 g/mol. The number of rotatable bonds is 1. The normalized spacial score (nSPS) is 11.8. The predicted octanol–water partition coefficient (Wildman–Crippen LogP) is 3.58. The lowest BCUT2D eigenvalue weighted by atomic mass is 10.1. The van der Waals surface area contributed by atoms with E-state index in [9.17, 15) is 23.1 Å². The molecule has 1 heterocycles. The molecule has 0 spiro atoms. The fourth-order valence-electron chi connectivity index (χ4n) is 2.02. The maximum absolute atomic E-state index is 12.6. The third-order valence-electron chi connectivity index (χ3n) is 3.08. The number of aromatic nitrogens is 1. The van der Waals surface area contributed by atoms with E-state index in [-0.39, 0.29) is 22.4 Å². The number of halogens is 3. The lowest BCUT2D eigenvalue weighted by Gasteiger charge is -2.09. The highest BCUT2D eigenvalue weighted by Gasteiger charge is 2.31. The summed E-state index contributed by atoms with van der Waals surface area (Å²) < 4.78 is 43.1. The number of fused-ring (bicyclic) bond motifs is 1. The van der Waals surface area contributed by atoms with E-state index in [1.807, 2.05) is 0 Å². The van der Waals surface area contributed by atoms with Crippen LogP contribution in [0.1, 0.15) is 5.56 Å². The second-order valence-electron chi connectivity index (χ2n) is 4.55. The summed E-state index contributed by atoms with van der Waals surface area (Å²) in [5.74, 6) is -0.907. The van der Waals surface area contributed by atoms with E-state index in [2.05, 4.69) is 4.98 Å². The van der Waals surface area contributed by atoms with Crippen LogP contribution in [0.5, 0.6) is 5.75 Å². The minimum atomic E-state index is -4.58. The van der Waals surface area contributed by atoms with Crippen molar-refractivity contribution in [3.8, 4) is 17.2 Å². The standard InChI is InChI=1S/C15H8F3NO3/c16-15(17,18)8-5-6-9(11(20)7-8)14-19-13(21)10-3-1-2-4-12(10)22-14/h1-7,20H. The third-order valence-corrected chi connectivity index (χ3v) is 3.08. The molecule has 0 aliphatic rings. The molecule has 22 heavy (non-hydrogen) atoms. The molecule has 2 aromatic carbocycles. The van der Waals surface area contributed by atoms with Crippen molar-refractivity contribution >= 4 is 11.0 Å². The quantitative estimate of drug-likeness (QED) is 0.746. The Morgan fingerprint density at radius 2 is 1.82 bits per heavy atom. The molecule has 3 aromatic rings. The number of para-hydroxylation sites is 1. The highest BCUT2D eigenvalue weighted by atomic mass is 19.4. The Morgan fingerprint density at radius 3 is 2.50 bits per heavy atom. The van der Waals surface area contributed by atoms with Gasteiger partial charge in [-0.25, -0.2) is 0 Å². The Morgan fingerprint density at radius 1 is 1.09 bits per heavy atom. The number of hydrogen-bond donors (Lipinski definition) is 1. The minimum absolute atomic E-state index is 0.0872. The SMILES string of the molecule is O=c1nc(-c2ccc(C(F)(F)F)cc2O)oc2ccccc12. The number of phenolic OH excluding ortho intramolecular Hbond substituents is 1. The summed E-state index contributed by atoms with van der Waals surface area (Å²) in [6.45, 7) is 0. The van der Waals surface area contributed by atoms with E-state index >= 15 is 0 Å². The molecular weight excluding hydrogens is 299 g/mol. The first-order chi connectivity index (χ1) is 10.4. The lowest BCUT2D eigenvalue weighted by Crippen LogP contribution is -2.08. The van der Waals surface area contributed by atoms with Crippen LogP contribution in [0, 0.1) is 0 Å². The van der Waals surface area contributed by atoms with Crippen molar-refractivity contribution in [3.05, 3.63) is 58.4 Å². The van der Waals surface area contributed by atoms with Gasteiger partial charge in [-0.1, -0.05) is 12.1 Å². The van der Waals surface area contributed by atoms with Gasteiger partial charge in [-0.2, -0.15) is 18.2 Å². The van der Waals surface area contributed by atoms with E-state index < -0.39 is 23.0 Å². The third kappa shape index (κ3) is 2.41. The molecule has 0 aliphatic carbocycles. The zero-order valence-electron chi connectivity index (χ0n) is 10.9. The smallest absolute Gasteiger partial charge is 0.416 e. The molecule has 0 saturated carbocycles. The first kappa shape index (κ1) is 14.1. The van der Waals surface area contributed by atoms with Crippen LogP contribution in [0.4, 0.5) is 13.2 Å². The van der Waals surface area contributed by atoms with Crippen LogP contribution in [-0.4, -0.2) is 10.1 Å². The second kappa shape index (κ2) is 4.87. The number of benzene rings is 2. The molecule has 112 valence electrons. The highest BCUT2D eigenvalue weighted by molar-refractivity contribution is 5.77. The van der Waals surface area contributed by atoms with E-state index in [0.717, 1.165) is 12.1 Å². The molecule has 0 bridgehead atoms. The lowest BCUT2D eigenvalue weighted by molar-refractivity contribution is -0.137. The second-order valence-corrected chi connectivity index (χ2v) is 4.55. The molecule has 0 aliphatic heterocycles. The molecule has 0 radical (unpaired) electrons. The van der Waals surface area contributed by atoms with Crippen LogP contribution in [0.25, 0.3) is 22.4 Å². The fourth-order valence-corrected chi connectivity index (χ4v) is 2.02. The first-order valence-electron chi connectivity index (χ1n) is 6.17. The predicted molar refractivity (Wildman–Crippen MR) is 72.4 cm³/mol. The van der Waals surface area contributed by atoms with Crippen LogP contribution in [-0.2, 0) is 6.18 Å². The van der Waals surface area contributed by atoms with Crippen molar-refractivity contribution < 1.29 is 22.7 Å². The summed E-state index contributed by atoms with van der Waals surface area (Å²) in [6, 6.07) is 8.68. The first-order valence-corrected chi connectivity index (χ1v) is 6.17. The Balaban J connectivity index is 2.18. The van der Waals surface area contributed by atoms with Crippen LogP contribution >= 0.6 is 0 Å². The molecule has 3 rings (SSSR count). The number of aromatic hydroxyl groups is 1. The molecule has 0 amide bonds. The zero-order valence-corrected chi connectivity index (χ0v) is 10.9. The molecular formula is C15H8F3NO3. The van der Waals surface area contributed by atoms with Crippen molar-refractivity contribution in [1.29, 1.82) is 0 Å². The number of hydrogen-bond acceptors (Lipinski definition) is 4. The summed E-state index contributed by atoms with van der Waals surface area (Å²) in [5, 5.41) is 10.0. The molecule has 0 fully saturated rings. The van der Waals surface area contributed by atoms with E-state index in [4.69, 9.17) is 4.42 Å². The number of phenols is 1. The molecule has 7 heteroatoms. The van der Waals surface area contributed by atoms with Gasteiger partial charge in [0.1, 0.15) is 11.3 Å². The number of alkyl halides is 3. The van der Waals surface area contributed by atoms with Crippen molar-refractivity contribution in [2.45, 2.75) is 6.18 Å². The van der Waals surface area contributed by atoms with Crippen molar-refractivity contribution in [2.75, 3.05) is 0 Å². The van der Waals surface area contributed by atoms with E-state index in [1.165, 1.54) is 12.1 Å². The summed E-state index contributed by atoms with van der Waals surface area (Å²) in [4.78, 5) is 15.5. The summed E-state index contributed by atoms with van der Waals surface area (Å²) in [6.07, 6.45) is -4.58. The van der Waals surface area contributed by atoms with Gasteiger partial charge in [-0.3, -0.25) is 4.79 Å². The molecule has 0 unspecified atom stereocenters. The molecule has 4 nitrogen and oxygen atoms in total. The van der Waals surface area contributed by atoms with Gasteiger partial charge in [-0.05, 0) is 30.3 Å². The van der Waals surface area contributed by atoms with Crippen molar-refractivity contribution in [1.82, 2.24) is 4.98 Å². The molecule has 0 saturated heterocycles. The minimum Gasteiger partial charge on any atom is -0.507 e. The summed E-state index contributed by atoms with van der Waals surface area (Å²) >= 11 is 0. The highest BCUT2D eigenvalue weighted by Crippen LogP contribution is 2.36. The summed E-state index contributed by atoms with van der Waals surface area (Å²) in [7, 11) is 0. The zero-order chi connectivity index (χ0) is 15.9. The van der Waals surface area contributed by atoms with Crippen molar-refractivity contribution in [2.24, 2.45) is 0 Å². The average Bonchev–Trinajstić information content (AvgIpc) is 2.46. The maximum atomic E-state index is 12.6.